The molecule has 0 bridgehead atoms. The quantitative estimate of drug-likeness (QED) is 0.662. The van der Waals surface area contributed by atoms with E-state index in [4.69, 9.17) is 0 Å². The molecule has 0 saturated carbocycles. The van der Waals surface area contributed by atoms with Crippen LogP contribution < -0.4 is 10.2 Å². The largest absolute Gasteiger partial charge is 0.372 e. The first-order valence-corrected chi connectivity index (χ1v) is 8.35. The molecular weight excluding hydrogens is 244 g/mol. The summed E-state index contributed by atoms with van der Waals surface area (Å²) in [7, 11) is 0. The van der Waals surface area contributed by atoms with Crippen LogP contribution in [-0.4, -0.2) is 19.6 Å². The molecule has 1 unspecified atom stereocenters. The first-order chi connectivity index (χ1) is 9.76. The summed E-state index contributed by atoms with van der Waals surface area (Å²) in [4.78, 5) is 2.47. The standard InChI is InChI=1S/C18H32N2/c1-5-9-15-20(8-4)17-12-10-16(11-13-17)18(7-3)19-14-6-2/h10-13,18-19H,5-9,14-15H2,1-4H3. The summed E-state index contributed by atoms with van der Waals surface area (Å²) < 4.78 is 0. The molecule has 0 radical (unpaired) electrons. The van der Waals surface area contributed by atoms with E-state index in [1.807, 2.05) is 0 Å². The molecule has 0 aliphatic carbocycles. The Morgan fingerprint density at radius 3 is 2.20 bits per heavy atom. The smallest absolute Gasteiger partial charge is 0.0366 e. The molecule has 2 nitrogen and oxygen atoms in total. The Balaban J connectivity index is 2.70. The van der Waals surface area contributed by atoms with Crippen LogP contribution in [0, 0.1) is 0 Å². The first kappa shape index (κ1) is 17.0. The third kappa shape index (κ3) is 5.16. The Labute approximate surface area is 125 Å². The maximum Gasteiger partial charge on any atom is 0.0366 e. The number of hydrogen-bond donors (Lipinski definition) is 1. The normalized spacial score (nSPS) is 12.4. The van der Waals surface area contributed by atoms with Crippen molar-refractivity contribution in [1.82, 2.24) is 5.32 Å². The summed E-state index contributed by atoms with van der Waals surface area (Å²) >= 11 is 0. The molecule has 0 saturated heterocycles. The van der Waals surface area contributed by atoms with E-state index in [1.165, 1.54) is 30.5 Å². The minimum absolute atomic E-state index is 0.495. The molecule has 0 aromatic heterocycles. The third-order valence-corrected chi connectivity index (χ3v) is 3.87. The minimum atomic E-state index is 0.495. The SMILES string of the molecule is CCCCN(CC)c1ccc(C(CC)NCCC)cc1. The second kappa shape index (κ2) is 9.82. The van der Waals surface area contributed by atoms with Crippen LogP contribution in [0.25, 0.3) is 0 Å². The van der Waals surface area contributed by atoms with Gasteiger partial charge in [-0.25, -0.2) is 0 Å². The van der Waals surface area contributed by atoms with E-state index in [0.29, 0.717) is 6.04 Å². The second-order valence-corrected chi connectivity index (χ2v) is 5.44. The molecule has 1 N–H and O–H groups in total. The lowest BCUT2D eigenvalue weighted by molar-refractivity contribution is 0.518. The van der Waals surface area contributed by atoms with Gasteiger partial charge in [0.05, 0.1) is 0 Å². The molecule has 1 rings (SSSR count). The lowest BCUT2D eigenvalue weighted by Crippen LogP contribution is -2.24. The molecule has 114 valence electrons. The maximum absolute atomic E-state index is 3.62. The molecule has 1 atom stereocenters. The van der Waals surface area contributed by atoms with E-state index >= 15 is 0 Å². The van der Waals surface area contributed by atoms with Crippen molar-refractivity contribution in [2.45, 2.75) is 59.4 Å². The van der Waals surface area contributed by atoms with Crippen molar-refractivity contribution in [2.24, 2.45) is 0 Å². The number of hydrogen-bond acceptors (Lipinski definition) is 2. The minimum Gasteiger partial charge on any atom is -0.372 e. The van der Waals surface area contributed by atoms with Gasteiger partial charge < -0.3 is 10.2 Å². The zero-order valence-electron chi connectivity index (χ0n) is 13.8. The van der Waals surface area contributed by atoms with E-state index < -0.39 is 0 Å². The highest BCUT2D eigenvalue weighted by Crippen LogP contribution is 2.21. The molecule has 0 spiro atoms. The highest BCUT2D eigenvalue weighted by molar-refractivity contribution is 5.47. The molecule has 20 heavy (non-hydrogen) atoms. The number of rotatable bonds is 10. The van der Waals surface area contributed by atoms with Gasteiger partial charge in [-0.3, -0.25) is 0 Å². The number of nitrogens with one attached hydrogen (secondary N) is 1. The van der Waals surface area contributed by atoms with Crippen LogP contribution >= 0.6 is 0 Å². The van der Waals surface area contributed by atoms with Gasteiger partial charge in [-0.2, -0.15) is 0 Å². The number of nitrogens with zero attached hydrogens (tertiary/aromatic N) is 1. The summed E-state index contributed by atoms with van der Waals surface area (Å²) in [6.07, 6.45) is 4.86. The van der Waals surface area contributed by atoms with Gasteiger partial charge in [0.1, 0.15) is 0 Å². The highest BCUT2D eigenvalue weighted by Gasteiger charge is 2.09. The summed E-state index contributed by atoms with van der Waals surface area (Å²) in [5.74, 6) is 0. The van der Waals surface area contributed by atoms with E-state index in [2.05, 4.69) is 62.2 Å². The first-order valence-electron chi connectivity index (χ1n) is 8.35. The fourth-order valence-electron chi connectivity index (χ4n) is 2.55. The van der Waals surface area contributed by atoms with E-state index in [9.17, 15) is 0 Å². The topological polar surface area (TPSA) is 15.3 Å². The maximum atomic E-state index is 3.62. The average Bonchev–Trinajstić information content (AvgIpc) is 2.50. The van der Waals surface area contributed by atoms with Gasteiger partial charge in [0.15, 0.2) is 0 Å². The fraction of sp³-hybridized carbons (Fsp3) is 0.667. The van der Waals surface area contributed by atoms with Gasteiger partial charge in [0.2, 0.25) is 0 Å². The zero-order chi connectivity index (χ0) is 14.8. The van der Waals surface area contributed by atoms with Gasteiger partial charge in [0, 0.05) is 24.8 Å². The summed E-state index contributed by atoms with van der Waals surface area (Å²) in [5.41, 5.74) is 2.77. The monoisotopic (exact) mass is 276 g/mol. The number of unbranched alkanes of at least 4 members (excludes halogenated alkanes) is 1. The van der Waals surface area contributed by atoms with Gasteiger partial charge >= 0.3 is 0 Å². The van der Waals surface area contributed by atoms with Crippen molar-refractivity contribution < 1.29 is 0 Å². The van der Waals surface area contributed by atoms with Crippen LogP contribution in [0.4, 0.5) is 5.69 Å². The number of anilines is 1. The van der Waals surface area contributed by atoms with Crippen LogP contribution in [-0.2, 0) is 0 Å². The van der Waals surface area contributed by atoms with Crippen molar-refractivity contribution in [3.05, 3.63) is 29.8 Å². The van der Waals surface area contributed by atoms with E-state index in [0.717, 1.165) is 26.1 Å². The predicted molar refractivity (Wildman–Crippen MR) is 90.6 cm³/mol. The molecule has 0 heterocycles. The Kier molecular flexibility index (Phi) is 8.36. The van der Waals surface area contributed by atoms with Crippen LogP contribution in [0.15, 0.2) is 24.3 Å². The molecular formula is C18H32N2. The highest BCUT2D eigenvalue weighted by atomic mass is 15.1. The van der Waals surface area contributed by atoms with Crippen molar-refractivity contribution in [1.29, 1.82) is 0 Å². The fourth-order valence-corrected chi connectivity index (χ4v) is 2.55. The van der Waals surface area contributed by atoms with E-state index in [1.54, 1.807) is 0 Å². The lowest BCUT2D eigenvalue weighted by atomic mass is 10.0. The van der Waals surface area contributed by atoms with Crippen molar-refractivity contribution in [3.8, 4) is 0 Å². The summed E-state index contributed by atoms with van der Waals surface area (Å²) in [6.45, 7) is 12.3. The molecule has 2 heteroatoms. The van der Waals surface area contributed by atoms with Crippen molar-refractivity contribution in [2.75, 3.05) is 24.5 Å². The van der Waals surface area contributed by atoms with Crippen LogP contribution in [0.2, 0.25) is 0 Å². The summed E-state index contributed by atoms with van der Waals surface area (Å²) in [6, 6.07) is 9.64. The van der Waals surface area contributed by atoms with E-state index in [-0.39, 0.29) is 0 Å². The van der Waals surface area contributed by atoms with Crippen molar-refractivity contribution >= 4 is 5.69 Å². The van der Waals surface area contributed by atoms with Crippen LogP contribution in [0.1, 0.15) is 65.0 Å². The Bertz CT molecular complexity index is 310. The van der Waals surface area contributed by atoms with Crippen LogP contribution in [0.5, 0.6) is 0 Å². The lowest BCUT2D eigenvalue weighted by Gasteiger charge is -2.24. The molecule has 0 amide bonds. The van der Waals surface area contributed by atoms with Gasteiger partial charge in [-0.05, 0) is 50.4 Å². The molecule has 0 aliphatic rings. The summed E-state index contributed by atoms with van der Waals surface area (Å²) in [5, 5.41) is 3.62. The third-order valence-electron chi connectivity index (χ3n) is 3.87. The van der Waals surface area contributed by atoms with Gasteiger partial charge in [-0.1, -0.05) is 39.3 Å². The zero-order valence-corrected chi connectivity index (χ0v) is 13.8. The Hall–Kier alpha value is -1.02. The number of benzene rings is 1. The van der Waals surface area contributed by atoms with Gasteiger partial charge in [0.25, 0.3) is 0 Å². The molecule has 0 aliphatic heterocycles. The molecule has 0 fully saturated rings. The molecule has 1 aromatic rings. The second-order valence-electron chi connectivity index (χ2n) is 5.44. The Morgan fingerprint density at radius 2 is 1.70 bits per heavy atom. The van der Waals surface area contributed by atoms with Crippen molar-refractivity contribution in [3.63, 3.8) is 0 Å². The molecule has 1 aromatic carbocycles. The average molecular weight is 276 g/mol. The van der Waals surface area contributed by atoms with Gasteiger partial charge in [-0.15, -0.1) is 0 Å². The predicted octanol–water partition coefficient (Wildman–Crippen LogP) is 4.76. The Morgan fingerprint density at radius 1 is 1.00 bits per heavy atom. The van der Waals surface area contributed by atoms with Crippen LogP contribution in [0.3, 0.4) is 0 Å².